The van der Waals surface area contributed by atoms with Gasteiger partial charge in [0.2, 0.25) is 5.91 Å². The van der Waals surface area contributed by atoms with E-state index in [1.807, 2.05) is 6.92 Å². The maximum absolute atomic E-state index is 15.3. The zero-order valence-electron chi connectivity index (χ0n) is 15.8. The minimum atomic E-state index is -0.675. The molecule has 2 atom stereocenters. The second-order valence-corrected chi connectivity index (χ2v) is 7.59. The molecule has 1 fully saturated rings. The third-order valence-electron chi connectivity index (χ3n) is 4.69. The fourth-order valence-corrected chi connectivity index (χ4v) is 3.35. The highest BCUT2D eigenvalue weighted by atomic mass is 35.5. The van der Waals surface area contributed by atoms with Crippen LogP contribution in [0.3, 0.4) is 0 Å². The molecule has 1 aliphatic rings. The molecule has 2 aromatic rings. The van der Waals surface area contributed by atoms with Gasteiger partial charge in [-0.3, -0.25) is 9.59 Å². The van der Waals surface area contributed by atoms with Crippen LogP contribution in [0.1, 0.15) is 48.3 Å². The molecule has 0 spiro atoms. The number of nitrogens with zero attached hydrogens (tertiary/aromatic N) is 1. The smallest absolute Gasteiger partial charge is 0.267 e. The second-order valence-electron chi connectivity index (χ2n) is 7.18. The lowest BCUT2D eigenvalue weighted by Crippen LogP contribution is -2.35. The van der Waals surface area contributed by atoms with Gasteiger partial charge in [0.15, 0.2) is 11.6 Å². The molecule has 0 unspecified atom stereocenters. The van der Waals surface area contributed by atoms with Crippen molar-refractivity contribution in [3.63, 3.8) is 0 Å². The van der Waals surface area contributed by atoms with Crippen molar-refractivity contribution in [1.29, 1.82) is 0 Å². The van der Waals surface area contributed by atoms with Crippen molar-refractivity contribution in [2.45, 2.75) is 38.3 Å². The summed E-state index contributed by atoms with van der Waals surface area (Å²) < 4.78 is 21.0. The molecule has 2 amide bonds. The summed E-state index contributed by atoms with van der Waals surface area (Å²) in [5, 5.41) is 3.40. The number of primary amides is 2. The summed E-state index contributed by atoms with van der Waals surface area (Å²) in [5.41, 5.74) is 10.9. The summed E-state index contributed by atoms with van der Waals surface area (Å²) in [6, 6.07) is 5.53. The summed E-state index contributed by atoms with van der Waals surface area (Å²) >= 11 is 6.17. The van der Waals surface area contributed by atoms with Gasteiger partial charge >= 0.3 is 0 Å². The first-order valence-electron chi connectivity index (χ1n) is 9.22. The molecule has 1 aliphatic carbocycles. The zero-order chi connectivity index (χ0) is 21.1. The van der Waals surface area contributed by atoms with Crippen molar-refractivity contribution in [3.8, 4) is 11.5 Å². The number of halogens is 2. The lowest BCUT2D eigenvalue weighted by atomic mass is 9.99. The van der Waals surface area contributed by atoms with Crippen LogP contribution in [0, 0.1) is 11.7 Å². The van der Waals surface area contributed by atoms with E-state index in [-0.39, 0.29) is 46.6 Å². The van der Waals surface area contributed by atoms with Crippen LogP contribution in [-0.4, -0.2) is 22.8 Å². The van der Waals surface area contributed by atoms with Gasteiger partial charge in [-0.15, -0.1) is 0 Å². The number of carbonyl (C=O) groups is 2. The third kappa shape index (κ3) is 5.21. The molecule has 9 heteroatoms. The van der Waals surface area contributed by atoms with Crippen LogP contribution < -0.4 is 21.5 Å². The molecule has 29 heavy (non-hydrogen) atoms. The molecular formula is C20H22ClFN4O3. The number of benzene rings is 1. The average molecular weight is 421 g/mol. The second kappa shape index (κ2) is 8.75. The molecule has 1 aromatic heterocycles. The number of ether oxygens (including phenoxy) is 1. The molecule has 0 radical (unpaired) electrons. The number of nitrogens with one attached hydrogen (secondary N) is 1. The molecule has 1 heterocycles. The number of pyridine rings is 1. The van der Waals surface area contributed by atoms with E-state index >= 15 is 4.39 Å². The van der Waals surface area contributed by atoms with Crippen molar-refractivity contribution in [2.75, 3.05) is 0 Å². The maximum atomic E-state index is 15.3. The number of amides is 2. The summed E-state index contributed by atoms with van der Waals surface area (Å²) in [6.07, 6.45) is 3.34. The minimum Gasteiger partial charge on any atom is -0.451 e. The molecule has 3 rings (SSSR count). The van der Waals surface area contributed by atoms with Crippen LogP contribution in [-0.2, 0) is 4.79 Å². The molecule has 5 N–H and O–H groups in total. The highest BCUT2D eigenvalue weighted by molar-refractivity contribution is 6.32. The Balaban J connectivity index is 1.86. The summed E-state index contributed by atoms with van der Waals surface area (Å²) in [6.45, 7) is 1.83. The van der Waals surface area contributed by atoms with Crippen molar-refractivity contribution < 1.29 is 18.7 Å². The van der Waals surface area contributed by atoms with Crippen LogP contribution >= 0.6 is 11.6 Å². The van der Waals surface area contributed by atoms with E-state index < -0.39 is 17.6 Å². The molecular weight excluding hydrogens is 399 g/mol. The third-order valence-corrected chi connectivity index (χ3v) is 4.99. The molecule has 1 aromatic carbocycles. The van der Waals surface area contributed by atoms with Gasteiger partial charge in [-0.25, -0.2) is 9.37 Å². The predicted octanol–water partition coefficient (Wildman–Crippen LogP) is 3.07. The van der Waals surface area contributed by atoms with E-state index in [2.05, 4.69) is 10.3 Å². The van der Waals surface area contributed by atoms with E-state index in [0.717, 1.165) is 12.8 Å². The van der Waals surface area contributed by atoms with Crippen molar-refractivity contribution >= 4 is 23.4 Å². The quantitative estimate of drug-likeness (QED) is 0.575. The van der Waals surface area contributed by atoms with E-state index in [1.165, 1.54) is 18.3 Å². The summed E-state index contributed by atoms with van der Waals surface area (Å²) in [7, 11) is 0. The van der Waals surface area contributed by atoms with Crippen LogP contribution in [0.5, 0.6) is 11.5 Å². The number of carbonyl (C=O) groups excluding carboxylic acids is 2. The van der Waals surface area contributed by atoms with Gasteiger partial charge in [-0.05, 0) is 43.9 Å². The van der Waals surface area contributed by atoms with Gasteiger partial charge < -0.3 is 21.5 Å². The first-order chi connectivity index (χ1) is 13.8. The molecule has 1 saturated carbocycles. The Morgan fingerprint density at radius 3 is 2.59 bits per heavy atom. The topological polar surface area (TPSA) is 120 Å². The lowest BCUT2D eigenvalue weighted by Gasteiger charge is -2.24. The monoisotopic (exact) mass is 420 g/mol. The molecule has 0 saturated heterocycles. The van der Waals surface area contributed by atoms with Gasteiger partial charge in [0.05, 0.1) is 11.2 Å². The minimum absolute atomic E-state index is 0.0686. The Labute approximate surface area is 172 Å². The molecule has 0 bridgehead atoms. The number of hydrogen-bond acceptors (Lipinski definition) is 5. The predicted molar refractivity (Wildman–Crippen MR) is 106 cm³/mol. The summed E-state index contributed by atoms with van der Waals surface area (Å²) in [5.74, 6) is -1.35. The van der Waals surface area contributed by atoms with E-state index in [4.69, 9.17) is 27.8 Å². The van der Waals surface area contributed by atoms with Gasteiger partial charge in [0, 0.05) is 24.1 Å². The van der Waals surface area contributed by atoms with Crippen molar-refractivity contribution in [1.82, 2.24) is 10.3 Å². The van der Waals surface area contributed by atoms with E-state index in [0.29, 0.717) is 5.56 Å². The fourth-order valence-electron chi connectivity index (χ4n) is 3.16. The molecule has 154 valence electrons. The Morgan fingerprint density at radius 2 is 2.03 bits per heavy atom. The number of aromatic nitrogens is 1. The van der Waals surface area contributed by atoms with Gasteiger partial charge in [-0.1, -0.05) is 17.7 Å². The van der Waals surface area contributed by atoms with Crippen LogP contribution in [0.4, 0.5) is 4.39 Å². The number of hydrogen-bond donors (Lipinski definition) is 3. The van der Waals surface area contributed by atoms with E-state index in [9.17, 15) is 9.59 Å². The van der Waals surface area contributed by atoms with Crippen LogP contribution in [0.25, 0.3) is 0 Å². The highest BCUT2D eigenvalue weighted by Gasteiger charge is 2.35. The first-order valence-corrected chi connectivity index (χ1v) is 9.60. The number of rotatable bonds is 9. The zero-order valence-corrected chi connectivity index (χ0v) is 16.6. The standard InChI is InChI=1S/C20H22ClFN4O3/c1-10(8-16(23)27)26-18(11-2-3-11)13-5-6-14(21)19(17(13)22)29-12-4-7-15(20(24)28)25-9-12/h4-7,9-11,18,26H,2-3,8H2,1H3,(H2,23,27)(H2,24,28)/t10-,18+/m0/s1. The fraction of sp³-hybridized carbons (Fsp3) is 0.350. The summed E-state index contributed by atoms with van der Waals surface area (Å²) in [4.78, 5) is 26.2. The van der Waals surface area contributed by atoms with Gasteiger partial charge in [0.25, 0.3) is 5.91 Å². The normalized spacial score (nSPS) is 15.6. The first kappa shape index (κ1) is 21.0. The highest BCUT2D eigenvalue weighted by Crippen LogP contribution is 2.45. The van der Waals surface area contributed by atoms with Crippen molar-refractivity contribution in [2.24, 2.45) is 17.4 Å². The Kier molecular flexibility index (Phi) is 6.34. The van der Waals surface area contributed by atoms with Crippen LogP contribution in [0.2, 0.25) is 5.02 Å². The largest absolute Gasteiger partial charge is 0.451 e. The van der Waals surface area contributed by atoms with Gasteiger partial charge in [0.1, 0.15) is 11.4 Å². The van der Waals surface area contributed by atoms with E-state index in [1.54, 1.807) is 12.1 Å². The Bertz CT molecular complexity index is 919. The van der Waals surface area contributed by atoms with Crippen LogP contribution in [0.15, 0.2) is 30.5 Å². The van der Waals surface area contributed by atoms with Gasteiger partial charge in [-0.2, -0.15) is 0 Å². The molecule has 7 nitrogen and oxygen atoms in total. The Hall–Kier alpha value is -2.71. The average Bonchev–Trinajstić information content (AvgIpc) is 3.48. The number of nitrogens with two attached hydrogens (primary N) is 2. The Morgan fingerprint density at radius 1 is 1.31 bits per heavy atom. The van der Waals surface area contributed by atoms with Crippen molar-refractivity contribution in [3.05, 3.63) is 52.6 Å². The lowest BCUT2D eigenvalue weighted by molar-refractivity contribution is -0.118. The maximum Gasteiger partial charge on any atom is 0.267 e. The SMILES string of the molecule is C[C@@H](CC(N)=O)N[C@@H](c1ccc(Cl)c(Oc2ccc(C(N)=O)nc2)c1F)C1CC1. The molecule has 0 aliphatic heterocycles.